The number of nitrogens with zero attached hydrogens (tertiary/aromatic N) is 5. The first-order valence-corrected chi connectivity index (χ1v) is 7.66. The van der Waals surface area contributed by atoms with Crippen LogP contribution in [0.25, 0.3) is 0 Å². The predicted octanol–water partition coefficient (Wildman–Crippen LogP) is 1.58. The van der Waals surface area contributed by atoms with Crippen molar-refractivity contribution in [3.05, 3.63) is 35.5 Å². The molecule has 0 bridgehead atoms. The molecule has 0 radical (unpaired) electrons. The lowest BCUT2D eigenvalue weighted by molar-refractivity contribution is -0.137. The number of fused-ring (bicyclic) bond motifs is 1. The zero-order valence-corrected chi connectivity index (χ0v) is 13.5. The van der Waals surface area contributed by atoms with Crippen molar-refractivity contribution in [1.82, 2.24) is 19.7 Å². The van der Waals surface area contributed by atoms with Crippen LogP contribution >= 0.6 is 0 Å². The summed E-state index contributed by atoms with van der Waals surface area (Å²) in [7, 11) is 0. The number of pyridine rings is 1. The third-order valence-electron chi connectivity index (χ3n) is 3.58. The summed E-state index contributed by atoms with van der Waals surface area (Å²) in [4.78, 5) is 10.0. The number of ether oxygens (including phenoxy) is 1. The molecule has 0 aromatic carbocycles. The van der Waals surface area contributed by atoms with E-state index in [0.717, 1.165) is 12.3 Å². The maximum atomic E-state index is 12.6. The van der Waals surface area contributed by atoms with Crippen LogP contribution in [0.2, 0.25) is 0 Å². The molecule has 0 unspecified atom stereocenters. The van der Waals surface area contributed by atoms with Gasteiger partial charge in [0.05, 0.1) is 28.0 Å². The van der Waals surface area contributed by atoms with Gasteiger partial charge in [-0.1, -0.05) is 0 Å². The molecule has 2 N–H and O–H groups in total. The summed E-state index contributed by atoms with van der Waals surface area (Å²) in [6, 6.07) is 1.52. The van der Waals surface area contributed by atoms with Gasteiger partial charge in [-0.3, -0.25) is 0 Å². The molecule has 2 aromatic heterocycles. The number of anilines is 1. The highest BCUT2D eigenvalue weighted by molar-refractivity contribution is 5.40. The summed E-state index contributed by atoms with van der Waals surface area (Å²) >= 11 is 0. The van der Waals surface area contributed by atoms with Crippen LogP contribution in [0.3, 0.4) is 0 Å². The second-order valence-electron chi connectivity index (χ2n) is 5.69. The van der Waals surface area contributed by atoms with E-state index in [1.165, 1.54) is 13.0 Å². The first kappa shape index (κ1) is 15.1. The fourth-order valence-electron chi connectivity index (χ4n) is 2.42. The van der Waals surface area contributed by atoms with E-state index in [-0.39, 0.29) is 6.61 Å². The summed E-state index contributed by atoms with van der Waals surface area (Å²) in [6.07, 6.45) is -3.61. The highest BCUT2D eigenvalue weighted by atomic mass is 19.4. The Morgan fingerprint density at radius 2 is 2.20 bits per heavy atom. The average Bonchev–Trinajstić information content (AvgIpc) is 3.01. The highest BCUT2D eigenvalue weighted by Gasteiger charge is 2.31. The lowest BCUT2D eigenvalue weighted by Crippen LogP contribution is -2.34. The number of rotatable bonds is 5. The summed E-state index contributed by atoms with van der Waals surface area (Å²) in [5, 5.41) is 4.26. The van der Waals surface area contributed by atoms with Gasteiger partial charge in [0.2, 0.25) is 0 Å². The lowest BCUT2D eigenvalue weighted by atomic mass is 10.2. The Morgan fingerprint density at radius 1 is 1.40 bits per heavy atom. The number of alkyl halides is 3. The maximum Gasteiger partial charge on any atom is 0.417 e. The van der Waals surface area contributed by atoms with Gasteiger partial charge in [0.15, 0.2) is 5.82 Å². The fraction of sp³-hybridized carbons (Fsp3) is 0.533. The molecule has 2 aromatic rings. The quantitative estimate of drug-likeness (QED) is 0.874. The monoisotopic (exact) mass is 358 g/mol. The molecular formula is C15H19F3N6O. The zero-order valence-electron chi connectivity index (χ0n) is 15.5. The summed E-state index contributed by atoms with van der Waals surface area (Å²) < 4.78 is 60.1. The minimum Gasteiger partial charge on any atom is -0.372 e. The molecule has 136 valence electrons. The normalized spacial score (nSPS) is 17.7. The van der Waals surface area contributed by atoms with E-state index in [0.29, 0.717) is 37.1 Å². The minimum atomic E-state index is -4.42. The van der Waals surface area contributed by atoms with Crippen LogP contribution < -0.4 is 10.6 Å². The Hall–Kier alpha value is -2.20. The number of aromatic nitrogens is 4. The second kappa shape index (κ2) is 6.96. The zero-order chi connectivity index (χ0) is 19.8. The number of hydrogen-bond donors (Lipinski definition) is 1. The van der Waals surface area contributed by atoms with Gasteiger partial charge in [-0.2, -0.15) is 18.3 Å². The van der Waals surface area contributed by atoms with Crippen molar-refractivity contribution < 1.29 is 20.6 Å². The first-order valence-electron chi connectivity index (χ1n) is 8.66. The Kier molecular flexibility index (Phi) is 4.20. The molecule has 1 aliphatic heterocycles. The van der Waals surface area contributed by atoms with Gasteiger partial charge in [0, 0.05) is 18.8 Å². The van der Waals surface area contributed by atoms with E-state index in [9.17, 15) is 13.2 Å². The van der Waals surface area contributed by atoms with E-state index in [4.69, 9.17) is 13.2 Å². The third kappa shape index (κ3) is 4.26. The molecule has 3 rings (SSSR count). The molecule has 10 heteroatoms. The van der Waals surface area contributed by atoms with Gasteiger partial charge in [-0.05, 0) is 19.1 Å². The Morgan fingerprint density at radius 3 is 2.84 bits per heavy atom. The van der Waals surface area contributed by atoms with Crippen molar-refractivity contribution in [3.8, 4) is 0 Å². The smallest absolute Gasteiger partial charge is 0.372 e. The van der Waals surface area contributed by atoms with Gasteiger partial charge in [-0.25, -0.2) is 14.6 Å². The Labute approximate surface area is 145 Å². The summed E-state index contributed by atoms with van der Waals surface area (Å²) in [6.45, 7) is 0.683. The first-order chi connectivity index (χ1) is 12.6. The number of hydrogen-bond acceptors (Lipinski definition) is 6. The highest BCUT2D eigenvalue weighted by Crippen LogP contribution is 2.29. The van der Waals surface area contributed by atoms with Gasteiger partial charge in [-0.15, -0.1) is 0 Å². The molecule has 1 atom stereocenters. The molecule has 0 aliphatic carbocycles. The van der Waals surface area contributed by atoms with Crippen molar-refractivity contribution in [1.29, 1.82) is 0 Å². The molecule has 1 aliphatic rings. The van der Waals surface area contributed by atoms with Crippen molar-refractivity contribution in [3.63, 3.8) is 0 Å². The third-order valence-corrected chi connectivity index (χ3v) is 3.58. The van der Waals surface area contributed by atoms with Gasteiger partial charge >= 0.3 is 6.18 Å². The van der Waals surface area contributed by atoms with Crippen molar-refractivity contribution in [2.75, 3.05) is 18.0 Å². The molecule has 0 saturated heterocycles. The van der Waals surface area contributed by atoms with Crippen LogP contribution in [0.15, 0.2) is 18.3 Å². The molecule has 0 saturated carbocycles. The van der Waals surface area contributed by atoms with E-state index >= 15 is 0 Å². The van der Waals surface area contributed by atoms with Crippen LogP contribution in [0, 0.1) is 0 Å². The molecule has 25 heavy (non-hydrogen) atoms. The van der Waals surface area contributed by atoms with Crippen molar-refractivity contribution in [2.24, 2.45) is 5.73 Å². The Balaban J connectivity index is 1.67. The van der Waals surface area contributed by atoms with Crippen molar-refractivity contribution >= 4 is 5.82 Å². The van der Waals surface area contributed by atoms with Gasteiger partial charge in [0.1, 0.15) is 18.2 Å². The average molecular weight is 358 g/mol. The topological polar surface area (TPSA) is 82.1 Å². The molecule has 0 amide bonds. The van der Waals surface area contributed by atoms with E-state index in [2.05, 4.69) is 15.1 Å². The fourth-order valence-corrected chi connectivity index (χ4v) is 2.42. The van der Waals surface area contributed by atoms with E-state index in [1.807, 2.05) is 0 Å². The molecule has 0 spiro atoms. The van der Waals surface area contributed by atoms with Crippen LogP contribution in [0.1, 0.15) is 26.9 Å². The molecule has 3 heterocycles. The minimum absolute atomic E-state index is 0.132. The van der Waals surface area contributed by atoms with Crippen LogP contribution in [0.4, 0.5) is 19.0 Å². The van der Waals surface area contributed by atoms with E-state index in [1.54, 1.807) is 9.58 Å². The van der Waals surface area contributed by atoms with E-state index < -0.39 is 24.3 Å². The SMILES string of the molecule is [2H]C([2H])(OCc1nc2n(n1)CCN(c1ccc(C(F)(F)F)cn1)C2)[C@H](C)N. The standard InChI is InChI=1S/C15H19F3N6O/c1-10(19)8-25-9-12-21-14-7-23(4-5-24(14)22-12)13-3-2-11(6-20-13)15(16,17)18/h2-3,6,10H,4-5,7-9,19H2,1H3/t10-/m0/s1/i8D2. The van der Waals surface area contributed by atoms with Crippen LogP contribution in [-0.4, -0.2) is 38.9 Å². The summed E-state index contributed by atoms with van der Waals surface area (Å²) in [5.74, 6) is 1.34. The van der Waals surface area contributed by atoms with Gasteiger partial charge in [0.25, 0.3) is 0 Å². The molecule has 0 fully saturated rings. The second-order valence-corrected chi connectivity index (χ2v) is 5.69. The van der Waals surface area contributed by atoms with Crippen molar-refractivity contribution in [2.45, 2.75) is 38.8 Å². The number of nitrogens with two attached hydrogens (primary N) is 1. The van der Waals surface area contributed by atoms with Crippen LogP contribution in [-0.2, 0) is 30.6 Å². The molecule has 7 nitrogen and oxygen atoms in total. The Bertz CT molecular complexity index is 794. The predicted molar refractivity (Wildman–Crippen MR) is 83.6 cm³/mol. The van der Waals surface area contributed by atoms with Crippen LogP contribution in [0.5, 0.6) is 0 Å². The number of halogens is 3. The molecular weight excluding hydrogens is 337 g/mol. The lowest BCUT2D eigenvalue weighted by Gasteiger charge is -2.27. The van der Waals surface area contributed by atoms with Gasteiger partial charge < -0.3 is 15.4 Å². The maximum absolute atomic E-state index is 12.6. The summed E-state index contributed by atoms with van der Waals surface area (Å²) in [5.41, 5.74) is 4.72. The largest absolute Gasteiger partial charge is 0.417 e.